The molecule has 0 bridgehead atoms. The third-order valence-electron chi connectivity index (χ3n) is 11.7. The summed E-state index contributed by atoms with van der Waals surface area (Å²) in [6, 6.07) is 63.9. The van der Waals surface area contributed by atoms with E-state index in [2.05, 4.69) is 189 Å². The number of hydrogen-bond donors (Lipinski definition) is 0. The van der Waals surface area contributed by atoms with Gasteiger partial charge >= 0.3 is 0 Å². The second-order valence-corrected chi connectivity index (χ2v) is 14.9. The largest absolute Gasteiger partial charge is 0.436 e. The van der Waals surface area contributed by atoms with E-state index in [0.717, 1.165) is 77.3 Å². The lowest BCUT2D eigenvalue weighted by Gasteiger charge is -2.12. The summed E-state index contributed by atoms with van der Waals surface area (Å²) in [5.41, 5.74) is 12.7. The van der Waals surface area contributed by atoms with Crippen LogP contribution in [0.25, 0.3) is 117 Å². The number of para-hydroxylation sites is 4. The highest BCUT2D eigenvalue weighted by Crippen LogP contribution is 2.40. The Bertz CT molecular complexity index is 3800. The Hall–Kier alpha value is -8.03. The monoisotopic (exact) mass is 742 g/mol. The highest BCUT2D eigenvalue weighted by atomic mass is 16.3. The van der Waals surface area contributed by atoms with Crippen molar-refractivity contribution in [2.24, 2.45) is 0 Å². The van der Waals surface area contributed by atoms with Crippen molar-refractivity contribution in [1.29, 1.82) is 0 Å². The van der Waals surface area contributed by atoms with E-state index in [1.165, 1.54) is 21.8 Å². The van der Waals surface area contributed by atoms with Crippen molar-refractivity contribution in [2.75, 3.05) is 0 Å². The summed E-state index contributed by atoms with van der Waals surface area (Å²) in [5, 5.41) is 6.63. The summed E-state index contributed by atoms with van der Waals surface area (Å²) >= 11 is 0. The first-order valence-electron chi connectivity index (χ1n) is 19.5. The van der Waals surface area contributed by atoms with Gasteiger partial charge in [0.2, 0.25) is 17.4 Å². The van der Waals surface area contributed by atoms with E-state index in [-0.39, 0.29) is 0 Å². The zero-order chi connectivity index (χ0) is 37.9. The van der Waals surface area contributed by atoms with Gasteiger partial charge in [-0.2, -0.15) is 4.98 Å². The van der Waals surface area contributed by atoms with E-state index in [9.17, 15) is 0 Å². The third kappa shape index (κ3) is 4.35. The fourth-order valence-corrected chi connectivity index (χ4v) is 9.09. The van der Waals surface area contributed by atoms with Gasteiger partial charge in [0.25, 0.3) is 0 Å². The van der Waals surface area contributed by atoms with E-state index in [1.807, 2.05) is 6.07 Å². The van der Waals surface area contributed by atoms with Crippen LogP contribution in [0.15, 0.2) is 186 Å². The molecule has 0 amide bonds. The predicted octanol–water partition coefficient (Wildman–Crippen LogP) is 12.7. The Morgan fingerprint density at radius 2 is 1.09 bits per heavy atom. The zero-order valence-corrected chi connectivity index (χ0v) is 30.9. The molecule has 0 N–H and O–H groups in total. The number of benzene rings is 8. The van der Waals surface area contributed by atoms with Crippen molar-refractivity contribution in [3.8, 4) is 34.0 Å². The van der Waals surface area contributed by atoms with Crippen molar-refractivity contribution < 1.29 is 4.42 Å². The van der Waals surface area contributed by atoms with Gasteiger partial charge in [-0.25, -0.2) is 14.5 Å². The molecule has 13 rings (SSSR count). The van der Waals surface area contributed by atoms with Crippen LogP contribution in [-0.2, 0) is 0 Å². The normalized spacial score (nSPS) is 12.1. The lowest BCUT2D eigenvalue weighted by Crippen LogP contribution is -2.04. The Morgan fingerprint density at radius 1 is 0.414 bits per heavy atom. The van der Waals surface area contributed by atoms with Gasteiger partial charge in [0, 0.05) is 38.2 Å². The van der Waals surface area contributed by atoms with Gasteiger partial charge in [-0.15, -0.1) is 0 Å². The van der Waals surface area contributed by atoms with Gasteiger partial charge in [-0.05, 0) is 77.2 Å². The number of imidazole rings is 2. The third-order valence-corrected chi connectivity index (χ3v) is 11.7. The van der Waals surface area contributed by atoms with Crippen molar-refractivity contribution in [3.63, 3.8) is 0 Å². The van der Waals surface area contributed by atoms with E-state index < -0.39 is 0 Å². The van der Waals surface area contributed by atoms with Crippen molar-refractivity contribution in [2.45, 2.75) is 0 Å². The first-order chi connectivity index (χ1) is 28.8. The highest BCUT2D eigenvalue weighted by Gasteiger charge is 2.24. The molecule has 0 fully saturated rings. The number of fused-ring (bicyclic) bond motifs is 13. The molecule has 0 aliphatic carbocycles. The minimum absolute atomic E-state index is 0.550. The summed E-state index contributed by atoms with van der Waals surface area (Å²) in [4.78, 5) is 15.9. The molecule has 0 aliphatic heterocycles. The molecule has 5 heterocycles. The summed E-state index contributed by atoms with van der Waals surface area (Å²) < 4.78 is 13.2. The SMILES string of the molecule is c1ccc(-c2nc(-n3c4ccccc4n4c5c(nc34)oc3ccc(-c4ccc6c(c4)c4ccccc4n6-c4ccccc4)cc35)nc3c2ccc2ccccc23)cc1. The molecule has 0 atom stereocenters. The van der Waals surface area contributed by atoms with Crippen LogP contribution in [0, 0.1) is 0 Å². The Labute approximate surface area is 330 Å². The second kappa shape index (κ2) is 11.7. The Kier molecular flexibility index (Phi) is 6.32. The topological polar surface area (TPSA) is 66.1 Å². The zero-order valence-electron chi connectivity index (χ0n) is 30.9. The highest BCUT2D eigenvalue weighted by molar-refractivity contribution is 6.12. The number of hydrogen-bond acceptors (Lipinski definition) is 4. The van der Waals surface area contributed by atoms with Crippen LogP contribution in [0.1, 0.15) is 0 Å². The fourth-order valence-electron chi connectivity index (χ4n) is 9.09. The molecule has 0 spiro atoms. The molecule has 7 nitrogen and oxygen atoms in total. The van der Waals surface area contributed by atoms with Gasteiger partial charge < -0.3 is 8.98 Å². The van der Waals surface area contributed by atoms with Gasteiger partial charge in [0.15, 0.2) is 0 Å². The molecule has 0 saturated carbocycles. The summed E-state index contributed by atoms with van der Waals surface area (Å²) in [7, 11) is 0. The van der Waals surface area contributed by atoms with Gasteiger partial charge in [0.1, 0.15) is 11.1 Å². The average Bonchev–Trinajstić information content (AvgIpc) is 4.02. The van der Waals surface area contributed by atoms with Crippen LogP contribution in [0.5, 0.6) is 0 Å². The predicted molar refractivity (Wildman–Crippen MR) is 235 cm³/mol. The van der Waals surface area contributed by atoms with Crippen LogP contribution in [-0.4, -0.2) is 28.5 Å². The van der Waals surface area contributed by atoms with Crippen molar-refractivity contribution in [1.82, 2.24) is 28.5 Å². The molecule has 8 aromatic carbocycles. The smallest absolute Gasteiger partial charge is 0.248 e. The van der Waals surface area contributed by atoms with Crippen LogP contribution >= 0.6 is 0 Å². The molecular formula is C51H30N6O. The van der Waals surface area contributed by atoms with Crippen LogP contribution in [0.3, 0.4) is 0 Å². The van der Waals surface area contributed by atoms with Crippen molar-refractivity contribution >= 4 is 82.5 Å². The van der Waals surface area contributed by atoms with Crippen molar-refractivity contribution in [3.05, 3.63) is 182 Å². The lowest BCUT2D eigenvalue weighted by atomic mass is 10.0. The molecule has 270 valence electrons. The lowest BCUT2D eigenvalue weighted by molar-refractivity contribution is 0.656. The van der Waals surface area contributed by atoms with Crippen LogP contribution in [0.2, 0.25) is 0 Å². The Balaban J connectivity index is 1.05. The van der Waals surface area contributed by atoms with Gasteiger partial charge in [-0.1, -0.05) is 121 Å². The average molecular weight is 743 g/mol. The Morgan fingerprint density at radius 3 is 1.93 bits per heavy atom. The minimum atomic E-state index is 0.550. The molecule has 58 heavy (non-hydrogen) atoms. The molecule has 5 aromatic heterocycles. The summed E-state index contributed by atoms with van der Waals surface area (Å²) in [5.74, 6) is 1.24. The maximum atomic E-state index is 6.54. The molecule has 7 heteroatoms. The van der Waals surface area contributed by atoms with E-state index >= 15 is 0 Å². The fraction of sp³-hybridized carbons (Fsp3) is 0. The molecule has 0 unspecified atom stereocenters. The van der Waals surface area contributed by atoms with Gasteiger partial charge in [-0.3, -0.25) is 4.40 Å². The van der Waals surface area contributed by atoms with Crippen LogP contribution < -0.4 is 0 Å². The van der Waals surface area contributed by atoms with E-state index in [0.29, 0.717) is 17.4 Å². The number of nitrogens with zero attached hydrogens (tertiary/aromatic N) is 6. The second-order valence-electron chi connectivity index (χ2n) is 14.9. The first kappa shape index (κ1) is 31.2. The quantitative estimate of drug-likeness (QED) is 0.168. The van der Waals surface area contributed by atoms with E-state index in [4.69, 9.17) is 19.4 Å². The molecule has 13 aromatic rings. The molecular weight excluding hydrogens is 713 g/mol. The van der Waals surface area contributed by atoms with E-state index in [1.54, 1.807) is 0 Å². The first-order valence-corrected chi connectivity index (χ1v) is 19.5. The summed E-state index contributed by atoms with van der Waals surface area (Å²) in [6.07, 6.45) is 0. The number of rotatable bonds is 4. The number of furan rings is 1. The molecule has 0 aliphatic rings. The maximum Gasteiger partial charge on any atom is 0.248 e. The molecule has 0 saturated heterocycles. The summed E-state index contributed by atoms with van der Waals surface area (Å²) in [6.45, 7) is 0. The standard InChI is InChI=1S/C51H30N6O/c1-3-14-32(15-4-1)46-38-26-23-31-13-7-8-18-36(31)47(38)53-50(52-46)57-44-22-12-11-21-43(44)56-48-40-30-34(25-28-45(40)58-49(48)54-51(56)57)33-24-27-42-39(29-33)37-19-9-10-20-41(37)55(42)35-16-5-2-6-17-35/h1-30H. The number of aromatic nitrogens is 6. The maximum absolute atomic E-state index is 6.54. The van der Waals surface area contributed by atoms with Crippen LogP contribution in [0.4, 0.5) is 0 Å². The van der Waals surface area contributed by atoms with Gasteiger partial charge in [0.05, 0.1) is 33.3 Å². The minimum Gasteiger partial charge on any atom is -0.436 e. The molecule has 0 radical (unpaired) electrons.